The predicted octanol–water partition coefficient (Wildman–Crippen LogP) is 7.89. The van der Waals surface area contributed by atoms with E-state index in [2.05, 4.69) is 59.6 Å². The van der Waals surface area contributed by atoms with Gasteiger partial charge < -0.3 is 4.42 Å². The Morgan fingerprint density at radius 3 is 2.34 bits per heavy atom. The van der Waals surface area contributed by atoms with Crippen molar-refractivity contribution in [3.63, 3.8) is 0 Å². The summed E-state index contributed by atoms with van der Waals surface area (Å²) >= 11 is 0. The Labute approximate surface area is 200 Å². The summed E-state index contributed by atoms with van der Waals surface area (Å²) in [7, 11) is 0. The van der Waals surface area contributed by atoms with E-state index in [0.29, 0.717) is 5.56 Å². The van der Waals surface area contributed by atoms with E-state index in [1.165, 1.54) is 0 Å². The van der Waals surface area contributed by atoms with Crippen molar-refractivity contribution in [1.29, 1.82) is 5.26 Å². The van der Waals surface area contributed by atoms with E-state index in [-0.39, 0.29) is 0 Å². The van der Waals surface area contributed by atoms with Crippen LogP contribution in [0.2, 0.25) is 0 Å². The van der Waals surface area contributed by atoms with Crippen LogP contribution in [0.4, 0.5) is 0 Å². The second-order valence-electron chi connectivity index (χ2n) is 8.59. The van der Waals surface area contributed by atoms with E-state index >= 15 is 0 Å². The number of nitrogens with zero attached hydrogens (tertiary/aromatic N) is 3. The van der Waals surface area contributed by atoms with Gasteiger partial charge in [-0.3, -0.25) is 4.98 Å². The quantitative estimate of drug-likeness (QED) is 0.253. The Hall–Kier alpha value is -5.01. The van der Waals surface area contributed by atoms with Gasteiger partial charge in [-0.25, -0.2) is 4.98 Å². The van der Waals surface area contributed by atoms with Gasteiger partial charge in [-0.2, -0.15) is 5.26 Å². The third-order valence-corrected chi connectivity index (χ3v) is 6.55. The fraction of sp³-hybridized carbons (Fsp3) is 0. The highest BCUT2D eigenvalue weighted by Gasteiger charge is 2.14. The Morgan fingerprint density at radius 2 is 1.49 bits per heavy atom. The Balaban J connectivity index is 1.45. The highest BCUT2D eigenvalue weighted by atomic mass is 16.3. The summed E-state index contributed by atoms with van der Waals surface area (Å²) in [5, 5.41) is 13.4. The number of pyridine rings is 2. The van der Waals surface area contributed by atoms with Crippen molar-refractivity contribution in [2.75, 3.05) is 0 Å². The van der Waals surface area contributed by atoms with Crippen LogP contribution >= 0.6 is 0 Å². The van der Waals surface area contributed by atoms with Crippen LogP contribution in [0.3, 0.4) is 0 Å². The summed E-state index contributed by atoms with van der Waals surface area (Å²) in [5.41, 5.74) is 8.14. The van der Waals surface area contributed by atoms with Crippen LogP contribution in [0.15, 0.2) is 108 Å². The molecule has 0 saturated carbocycles. The van der Waals surface area contributed by atoms with Gasteiger partial charge in [-0.05, 0) is 59.7 Å². The molecular weight excluding hydrogens is 430 g/mol. The lowest BCUT2D eigenvalue weighted by molar-refractivity contribution is 0.669. The summed E-state index contributed by atoms with van der Waals surface area (Å²) < 4.78 is 6.20. The summed E-state index contributed by atoms with van der Waals surface area (Å²) in [6.45, 7) is 0. The number of rotatable bonds is 2. The van der Waals surface area contributed by atoms with Crippen molar-refractivity contribution in [3.05, 3.63) is 109 Å². The van der Waals surface area contributed by atoms with Crippen LogP contribution in [0, 0.1) is 11.3 Å². The first-order chi connectivity index (χ1) is 17.3. The van der Waals surface area contributed by atoms with E-state index in [0.717, 1.165) is 66.1 Å². The fourth-order valence-corrected chi connectivity index (χ4v) is 4.84. The second-order valence-corrected chi connectivity index (χ2v) is 8.59. The van der Waals surface area contributed by atoms with E-state index in [1.807, 2.05) is 54.7 Å². The molecule has 0 bridgehead atoms. The standard InChI is InChI=1S/C31H17N3O/c32-18-19-6-8-20(9-7-19)24-4-1-5-28-29(24)25-17-23(13-15-27(25)35-28)26-14-12-22-11-10-21-3-2-16-33-30(21)31(22)34-26/h1-17H. The molecule has 0 aliphatic heterocycles. The van der Waals surface area contributed by atoms with E-state index < -0.39 is 0 Å². The third kappa shape index (κ3) is 3.07. The molecule has 0 unspecified atom stereocenters. The number of benzene rings is 4. The number of nitriles is 1. The van der Waals surface area contributed by atoms with Crippen molar-refractivity contribution in [2.45, 2.75) is 0 Å². The molecule has 35 heavy (non-hydrogen) atoms. The van der Waals surface area contributed by atoms with Crippen molar-refractivity contribution in [3.8, 4) is 28.5 Å². The van der Waals surface area contributed by atoms with Gasteiger partial charge >= 0.3 is 0 Å². The van der Waals surface area contributed by atoms with Gasteiger partial charge in [0, 0.05) is 33.3 Å². The van der Waals surface area contributed by atoms with Crippen molar-refractivity contribution in [1.82, 2.24) is 9.97 Å². The lowest BCUT2D eigenvalue weighted by Crippen LogP contribution is -1.88. The summed E-state index contributed by atoms with van der Waals surface area (Å²) in [4.78, 5) is 9.61. The Morgan fingerprint density at radius 1 is 0.686 bits per heavy atom. The van der Waals surface area contributed by atoms with Gasteiger partial charge in [0.1, 0.15) is 11.2 Å². The first-order valence-corrected chi connectivity index (χ1v) is 11.4. The molecule has 7 rings (SSSR count). The second kappa shape index (κ2) is 7.51. The molecule has 4 aromatic carbocycles. The molecule has 0 fully saturated rings. The molecule has 0 aliphatic rings. The molecule has 0 saturated heterocycles. The van der Waals surface area contributed by atoms with Crippen LogP contribution < -0.4 is 0 Å². The average molecular weight is 447 g/mol. The molecule has 0 aliphatic carbocycles. The maximum absolute atomic E-state index is 9.17. The van der Waals surface area contributed by atoms with Crippen molar-refractivity contribution >= 4 is 43.7 Å². The topological polar surface area (TPSA) is 62.7 Å². The van der Waals surface area contributed by atoms with Gasteiger partial charge in [0.25, 0.3) is 0 Å². The molecule has 0 radical (unpaired) electrons. The molecule has 3 heterocycles. The predicted molar refractivity (Wildman–Crippen MR) is 140 cm³/mol. The highest BCUT2D eigenvalue weighted by molar-refractivity contribution is 6.13. The lowest BCUT2D eigenvalue weighted by atomic mass is 9.97. The molecule has 0 spiro atoms. The zero-order valence-electron chi connectivity index (χ0n) is 18.6. The molecule has 0 atom stereocenters. The molecule has 0 N–H and O–H groups in total. The SMILES string of the molecule is N#Cc1ccc(-c2cccc3oc4ccc(-c5ccc6ccc7cccnc7c6n5)cc4c23)cc1. The maximum Gasteiger partial charge on any atom is 0.136 e. The number of fused-ring (bicyclic) bond motifs is 6. The van der Waals surface area contributed by atoms with Crippen LogP contribution in [-0.4, -0.2) is 9.97 Å². The molecule has 0 amide bonds. The number of aromatic nitrogens is 2. The van der Waals surface area contributed by atoms with Crippen LogP contribution in [0.5, 0.6) is 0 Å². The molecule has 4 heteroatoms. The van der Waals surface area contributed by atoms with Crippen molar-refractivity contribution < 1.29 is 4.42 Å². The molecule has 162 valence electrons. The first-order valence-electron chi connectivity index (χ1n) is 11.4. The smallest absolute Gasteiger partial charge is 0.136 e. The summed E-state index contributed by atoms with van der Waals surface area (Å²) in [6, 6.07) is 34.5. The Bertz CT molecular complexity index is 1960. The minimum atomic E-state index is 0.643. The zero-order chi connectivity index (χ0) is 23.4. The van der Waals surface area contributed by atoms with Crippen LogP contribution in [0.25, 0.3) is 66.1 Å². The van der Waals surface area contributed by atoms with E-state index in [4.69, 9.17) is 14.7 Å². The molecular formula is C31H17N3O. The van der Waals surface area contributed by atoms with Gasteiger partial charge in [0.05, 0.1) is 28.4 Å². The highest BCUT2D eigenvalue weighted by Crippen LogP contribution is 2.38. The molecule has 3 aromatic heterocycles. The number of hydrogen-bond acceptors (Lipinski definition) is 4. The summed E-state index contributed by atoms with van der Waals surface area (Å²) in [6.07, 6.45) is 1.81. The lowest BCUT2D eigenvalue weighted by Gasteiger charge is -2.07. The zero-order valence-corrected chi connectivity index (χ0v) is 18.6. The minimum Gasteiger partial charge on any atom is -0.456 e. The maximum atomic E-state index is 9.17. The number of hydrogen-bond donors (Lipinski definition) is 0. The number of furan rings is 1. The Kier molecular flexibility index (Phi) is 4.18. The largest absolute Gasteiger partial charge is 0.456 e. The normalized spacial score (nSPS) is 11.4. The van der Waals surface area contributed by atoms with E-state index in [9.17, 15) is 0 Å². The van der Waals surface area contributed by atoms with Gasteiger partial charge in [-0.1, -0.05) is 48.5 Å². The monoisotopic (exact) mass is 447 g/mol. The fourth-order valence-electron chi connectivity index (χ4n) is 4.84. The van der Waals surface area contributed by atoms with Crippen molar-refractivity contribution in [2.24, 2.45) is 0 Å². The third-order valence-electron chi connectivity index (χ3n) is 6.55. The molecule has 4 nitrogen and oxygen atoms in total. The molecule has 7 aromatic rings. The van der Waals surface area contributed by atoms with E-state index in [1.54, 1.807) is 0 Å². The van der Waals surface area contributed by atoms with Gasteiger partial charge in [0.15, 0.2) is 0 Å². The minimum absolute atomic E-state index is 0.643. The van der Waals surface area contributed by atoms with Crippen LogP contribution in [-0.2, 0) is 0 Å². The van der Waals surface area contributed by atoms with Crippen LogP contribution in [0.1, 0.15) is 5.56 Å². The van der Waals surface area contributed by atoms with Gasteiger partial charge in [-0.15, -0.1) is 0 Å². The summed E-state index contributed by atoms with van der Waals surface area (Å²) in [5.74, 6) is 0. The first kappa shape index (κ1) is 19.5. The average Bonchev–Trinajstić information content (AvgIpc) is 3.31. The van der Waals surface area contributed by atoms with Gasteiger partial charge in [0.2, 0.25) is 0 Å².